The summed E-state index contributed by atoms with van der Waals surface area (Å²) in [6.45, 7) is 4.17. The first kappa shape index (κ1) is 13.4. The van der Waals surface area contributed by atoms with E-state index in [2.05, 4.69) is 17.0 Å². The number of methoxy groups -OCH3 is 1. The van der Waals surface area contributed by atoms with E-state index in [4.69, 9.17) is 5.11 Å². The quantitative estimate of drug-likeness (QED) is 0.598. The summed E-state index contributed by atoms with van der Waals surface area (Å²) in [6.07, 6.45) is 2.34. The third-order valence-corrected chi connectivity index (χ3v) is 1.99. The minimum absolute atomic E-state index is 0.251. The van der Waals surface area contributed by atoms with E-state index in [1.807, 2.05) is 0 Å². The number of hydrogen-bond acceptors (Lipinski definition) is 4. The van der Waals surface area contributed by atoms with Crippen LogP contribution in [0.25, 0.3) is 0 Å². The summed E-state index contributed by atoms with van der Waals surface area (Å²) >= 11 is 0. The van der Waals surface area contributed by atoms with Gasteiger partial charge in [0.05, 0.1) is 13.2 Å². The smallest absolute Gasteiger partial charge is 0.322 e. The molecule has 0 aromatic carbocycles. The van der Waals surface area contributed by atoms with Gasteiger partial charge in [-0.2, -0.15) is 0 Å². The summed E-state index contributed by atoms with van der Waals surface area (Å²) < 4.78 is 4.66. The van der Waals surface area contributed by atoms with Crippen LogP contribution in [0.5, 0.6) is 0 Å². The molecule has 0 spiro atoms. The first-order chi connectivity index (χ1) is 6.61. The highest BCUT2D eigenvalue weighted by atomic mass is 16.5. The van der Waals surface area contributed by atoms with Crippen molar-refractivity contribution in [3.8, 4) is 0 Å². The van der Waals surface area contributed by atoms with Crippen LogP contribution in [0.1, 0.15) is 33.1 Å². The molecule has 0 fully saturated rings. The molecule has 84 valence electrons. The van der Waals surface area contributed by atoms with Gasteiger partial charge < -0.3 is 15.2 Å². The second-order valence-electron chi connectivity index (χ2n) is 3.48. The van der Waals surface area contributed by atoms with E-state index >= 15 is 0 Å². The maximum Gasteiger partial charge on any atom is 0.322 e. The number of hydrogen-bond donors (Lipinski definition) is 2. The van der Waals surface area contributed by atoms with Crippen molar-refractivity contribution in [2.45, 2.75) is 45.3 Å². The van der Waals surface area contributed by atoms with Crippen LogP contribution in [-0.4, -0.2) is 36.9 Å². The van der Waals surface area contributed by atoms with Gasteiger partial charge in [0, 0.05) is 6.54 Å². The zero-order valence-electron chi connectivity index (χ0n) is 9.25. The Morgan fingerprint density at radius 1 is 1.57 bits per heavy atom. The van der Waals surface area contributed by atoms with Gasteiger partial charge in [-0.1, -0.05) is 19.8 Å². The molecule has 4 heteroatoms. The third-order valence-electron chi connectivity index (χ3n) is 1.99. The molecule has 0 rings (SSSR count). The molecule has 0 amide bonds. The lowest BCUT2D eigenvalue weighted by Gasteiger charge is -2.16. The number of nitrogens with one attached hydrogen (secondary N) is 1. The monoisotopic (exact) mass is 203 g/mol. The first-order valence-electron chi connectivity index (χ1n) is 5.11. The van der Waals surface area contributed by atoms with Crippen LogP contribution in [0.3, 0.4) is 0 Å². The molecular formula is C10H21NO3. The van der Waals surface area contributed by atoms with Gasteiger partial charge in [0.25, 0.3) is 0 Å². The molecule has 0 radical (unpaired) electrons. The lowest BCUT2D eigenvalue weighted by atomic mass is 10.1. The van der Waals surface area contributed by atoms with Crippen LogP contribution in [-0.2, 0) is 9.53 Å². The van der Waals surface area contributed by atoms with Crippen molar-refractivity contribution in [1.82, 2.24) is 5.32 Å². The SMILES string of the molecule is CCCCC(NCC(C)O)C(=O)OC. The van der Waals surface area contributed by atoms with Gasteiger partial charge in [-0.15, -0.1) is 0 Å². The summed E-state index contributed by atoms with van der Waals surface area (Å²) in [5, 5.41) is 12.0. The number of carbonyl (C=O) groups excluding carboxylic acids is 1. The fourth-order valence-electron chi connectivity index (χ4n) is 1.17. The van der Waals surface area contributed by atoms with Crippen LogP contribution in [0, 0.1) is 0 Å². The van der Waals surface area contributed by atoms with Crippen LogP contribution >= 0.6 is 0 Å². The number of ether oxygens (including phenoxy) is 1. The number of carbonyl (C=O) groups is 1. The van der Waals surface area contributed by atoms with E-state index in [1.54, 1.807) is 6.92 Å². The van der Waals surface area contributed by atoms with Gasteiger partial charge >= 0.3 is 5.97 Å². The second-order valence-corrected chi connectivity index (χ2v) is 3.48. The van der Waals surface area contributed by atoms with Crippen LogP contribution in [0.4, 0.5) is 0 Å². The van der Waals surface area contributed by atoms with Crippen molar-refractivity contribution in [3.63, 3.8) is 0 Å². The van der Waals surface area contributed by atoms with Crippen molar-refractivity contribution in [3.05, 3.63) is 0 Å². The van der Waals surface area contributed by atoms with E-state index in [0.29, 0.717) is 6.54 Å². The Bertz CT molecular complexity index is 159. The molecule has 0 aromatic rings. The molecule has 2 N–H and O–H groups in total. The molecule has 0 saturated carbocycles. The highest BCUT2D eigenvalue weighted by molar-refractivity contribution is 5.75. The van der Waals surface area contributed by atoms with E-state index in [-0.39, 0.29) is 12.0 Å². The Balaban J connectivity index is 3.90. The predicted octanol–water partition coefficient (Wildman–Crippen LogP) is 0.689. The fraction of sp³-hybridized carbons (Fsp3) is 0.900. The molecule has 0 aromatic heterocycles. The Morgan fingerprint density at radius 2 is 2.21 bits per heavy atom. The summed E-state index contributed by atoms with van der Waals surface area (Å²) in [5.74, 6) is -0.251. The summed E-state index contributed by atoms with van der Waals surface area (Å²) in [6, 6.07) is -0.283. The Hall–Kier alpha value is -0.610. The minimum atomic E-state index is -0.441. The molecule has 0 aliphatic rings. The minimum Gasteiger partial charge on any atom is -0.468 e. The van der Waals surface area contributed by atoms with Crippen molar-refractivity contribution in [2.75, 3.05) is 13.7 Å². The van der Waals surface area contributed by atoms with Gasteiger partial charge in [0.2, 0.25) is 0 Å². The maximum atomic E-state index is 11.3. The molecule has 14 heavy (non-hydrogen) atoms. The zero-order chi connectivity index (χ0) is 11.0. The number of rotatable bonds is 7. The molecule has 0 bridgehead atoms. The summed E-state index contributed by atoms with van der Waals surface area (Å²) in [5.41, 5.74) is 0. The molecule has 0 heterocycles. The number of aliphatic hydroxyl groups is 1. The van der Waals surface area contributed by atoms with Crippen molar-refractivity contribution in [1.29, 1.82) is 0 Å². The lowest BCUT2D eigenvalue weighted by molar-refractivity contribution is -0.143. The topological polar surface area (TPSA) is 58.6 Å². The van der Waals surface area contributed by atoms with Gasteiger partial charge in [0.15, 0.2) is 0 Å². The largest absolute Gasteiger partial charge is 0.468 e. The van der Waals surface area contributed by atoms with Crippen LogP contribution < -0.4 is 5.32 Å². The molecule has 0 aliphatic carbocycles. The summed E-state index contributed by atoms with van der Waals surface area (Å²) in [4.78, 5) is 11.3. The fourth-order valence-corrected chi connectivity index (χ4v) is 1.17. The molecular weight excluding hydrogens is 182 g/mol. The van der Waals surface area contributed by atoms with E-state index in [0.717, 1.165) is 19.3 Å². The predicted molar refractivity (Wildman–Crippen MR) is 55.0 cm³/mol. The van der Waals surface area contributed by atoms with Gasteiger partial charge in [-0.3, -0.25) is 4.79 Å². The number of unbranched alkanes of at least 4 members (excludes halogenated alkanes) is 1. The average molecular weight is 203 g/mol. The third kappa shape index (κ3) is 5.94. The van der Waals surface area contributed by atoms with E-state index in [1.165, 1.54) is 7.11 Å². The maximum absolute atomic E-state index is 11.3. The first-order valence-corrected chi connectivity index (χ1v) is 5.11. The van der Waals surface area contributed by atoms with Crippen molar-refractivity contribution >= 4 is 5.97 Å². The summed E-state index contributed by atoms with van der Waals surface area (Å²) in [7, 11) is 1.38. The Kier molecular flexibility index (Phi) is 7.42. The van der Waals surface area contributed by atoms with E-state index in [9.17, 15) is 4.79 Å². The van der Waals surface area contributed by atoms with E-state index < -0.39 is 6.10 Å². The number of esters is 1. The standard InChI is InChI=1S/C10H21NO3/c1-4-5-6-9(10(13)14-3)11-7-8(2)12/h8-9,11-12H,4-7H2,1-3H3. The van der Waals surface area contributed by atoms with Crippen LogP contribution in [0.15, 0.2) is 0 Å². The molecule has 4 nitrogen and oxygen atoms in total. The highest BCUT2D eigenvalue weighted by Gasteiger charge is 2.17. The molecule has 2 atom stereocenters. The Morgan fingerprint density at radius 3 is 2.64 bits per heavy atom. The number of aliphatic hydroxyl groups excluding tert-OH is 1. The second kappa shape index (κ2) is 7.76. The van der Waals surface area contributed by atoms with Crippen molar-refractivity contribution < 1.29 is 14.6 Å². The lowest BCUT2D eigenvalue weighted by Crippen LogP contribution is -2.41. The van der Waals surface area contributed by atoms with Gasteiger partial charge in [-0.25, -0.2) is 0 Å². The Labute approximate surface area is 85.6 Å². The van der Waals surface area contributed by atoms with Gasteiger partial charge in [0.1, 0.15) is 6.04 Å². The normalized spacial score (nSPS) is 14.9. The molecule has 0 saturated heterocycles. The average Bonchev–Trinajstić information content (AvgIpc) is 2.16. The van der Waals surface area contributed by atoms with Gasteiger partial charge in [-0.05, 0) is 13.3 Å². The van der Waals surface area contributed by atoms with Crippen LogP contribution in [0.2, 0.25) is 0 Å². The highest BCUT2D eigenvalue weighted by Crippen LogP contribution is 2.02. The zero-order valence-corrected chi connectivity index (χ0v) is 9.25. The molecule has 2 unspecified atom stereocenters. The molecule has 0 aliphatic heterocycles. The van der Waals surface area contributed by atoms with Crippen molar-refractivity contribution in [2.24, 2.45) is 0 Å².